The van der Waals surface area contributed by atoms with E-state index in [1.807, 2.05) is 68.4 Å². The zero-order valence-electron chi connectivity index (χ0n) is 22.2. The number of amides is 2. The Balaban J connectivity index is 2.07. The van der Waals surface area contributed by atoms with E-state index < -0.39 is 28.5 Å². The fourth-order valence-electron chi connectivity index (χ4n) is 4.08. The van der Waals surface area contributed by atoms with Crippen molar-refractivity contribution in [1.29, 1.82) is 0 Å². The van der Waals surface area contributed by atoms with Gasteiger partial charge in [-0.05, 0) is 64.7 Å². The second kappa shape index (κ2) is 14.1. The Kier molecular flexibility index (Phi) is 11.1. The maximum atomic E-state index is 14.1. The van der Waals surface area contributed by atoms with Gasteiger partial charge in [-0.2, -0.15) is 0 Å². The van der Waals surface area contributed by atoms with Gasteiger partial charge in [-0.3, -0.25) is 13.9 Å². The van der Waals surface area contributed by atoms with Crippen molar-refractivity contribution in [3.63, 3.8) is 0 Å². The second-order valence-electron chi connectivity index (χ2n) is 9.40. The zero-order valence-corrected chi connectivity index (χ0v) is 26.2. The number of nitrogens with one attached hydrogen (secondary N) is 1. The molecule has 39 heavy (non-hydrogen) atoms. The van der Waals surface area contributed by atoms with Crippen LogP contribution in [-0.2, 0) is 32.6 Å². The molecule has 3 aromatic rings. The normalized spacial score (nSPS) is 12.8. The molecule has 2 amide bonds. The Morgan fingerprint density at radius 2 is 1.56 bits per heavy atom. The van der Waals surface area contributed by atoms with Crippen molar-refractivity contribution in [3.05, 3.63) is 98.9 Å². The van der Waals surface area contributed by atoms with Gasteiger partial charge in [0.25, 0.3) is 0 Å². The summed E-state index contributed by atoms with van der Waals surface area (Å²) in [5, 5.41) is 3.03. The molecule has 3 aromatic carbocycles. The van der Waals surface area contributed by atoms with Crippen LogP contribution in [0.3, 0.4) is 0 Å². The standard InChI is InChI=1S/C29H33Br2N3O4S/c1-4-21(2)32-29(36)27(18-22-11-6-5-7-12-22)33(19-23-13-10-14-24(30)17-23)28(35)20-34(39(3,37)38)26-16-9-8-15-25(26)31/h5-17,21,27H,4,18-20H2,1-3H3,(H,32,36)/t21-,27-/m1/s1. The number of anilines is 1. The minimum atomic E-state index is -3.83. The summed E-state index contributed by atoms with van der Waals surface area (Å²) in [4.78, 5) is 29.2. The average molecular weight is 679 g/mol. The molecule has 0 spiro atoms. The van der Waals surface area contributed by atoms with E-state index in [9.17, 15) is 18.0 Å². The summed E-state index contributed by atoms with van der Waals surface area (Å²) in [6.45, 7) is 3.55. The van der Waals surface area contributed by atoms with Crippen molar-refractivity contribution in [1.82, 2.24) is 10.2 Å². The van der Waals surface area contributed by atoms with Gasteiger partial charge in [0.05, 0.1) is 11.9 Å². The molecule has 208 valence electrons. The third-order valence-electron chi connectivity index (χ3n) is 6.31. The number of para-hydroxylation sites is 1. The molecule has 0 aliphatic heterocycles. The van der Waals surface area contributed by atoms with Crippen molar-refractivity contribution < 1.29 is 18.0 Å². The SMILES string of the molecule is CC[C@@H](C)NC(=O)[C@@H](Cc1ccccc1)N(Cc1cccc(Br)c1)C(=O)CN(c1ccccc1Br)S(C)(=O)=O. The van der Waals surface area contributed by atoms with Crippen molar-refractivity contribution in [3.8, 4) is 0 Å². The van der Waals surface area contributed by atoms with Crippen LogP contribution in [0.5, 0.6) is 0 Å². The largest absolute Gasteiger partial charge is 0.352 e. The molecule has 10 heteroatoms. The summed E-state index contributed by atoms with van der Waals surface area (Å²) in [6, 6.07) is 22.9. The first-order chi connectivity index (χ1) is 18.5. The van der Waals surface area contributed by atoms with Gasteiger partial charge < -0.3 is 10.2 Å². The Labute approximate surface area is 247 Å². The smallest absolute Gasteiger partial charge is 0.244 e. The lowest BCUT2D eigenvalue weighted by molar-refractivity contribution is -0.140. The summed E-state index contributed by atoms with van der Waals surface area (Å²) in [7, 11) is -3.83. The Hall–Kier alpha value is -2.69. The zero-order chi connectivity index (χ0) is 28.6. The second-order valence-corrected chi connectivity index (χ2v) is 13.1. The summed E-state index contributed by atoms with van der Waals surface area (Å²) in [6.07, 6.45) is 2.07. The van der Waals surface area contributed by atoms with Crippen molar-refractivity contribution >= 4 is 59.4 Å². The molecular weight excluding hydrogens is 646 g/mol. The summed E-state index contributed by atoms with van der Waals surface area (Å²) < 4.78 is 28.2. The van der Waals surface area contributed by atoms with Crippen molar-refractivity contribution in [2.24, 2.45) is 0 Å². The minimum Gasteiger partial charge on any atom is -0.352 e. The van der Waals surface area contributed by atoms with Crippen LogP contribution in [0.2, 0.25) is 0 Å². The van der Waals surface area contributed by atoms with Gasteiger partial charge in [0.15, 0.2) is 0 Å². The third-order valence-corrected chi connectivity index (χ3v) is 8.60. The van der Waals surface area contributed by atoms with E-state index in [1.54, 1.807) is 24.3 Å². The summed E-state index contributed by atoms with van der Waals surface area (Å²) >= 11 is 6.89. The lowest BCUT2D eigenvalue weighted by atomic mass is 10.0. The van der Waals surface area contributed by atoms with Crippen molar-refractivity contribution in [2.45, 2.75) is 45.3 Å². The van der Waals surface area contributed by atoms with E-state index in [0.29, 0.717) is 10.2 Å². The minimum absolute atomic E-state index is 0.0913. The molecule has 0 saturated heterocycles. The Morgan fingerprint density at radius 1 is 0.923 bits per heavy atom. The molecule has 0 heterocycles. The molecule has 0 bridgehead atoms. The Bertz CT molecular complexity index is 1390. The first kappa shape index (κ1) is 30.8. The predicted molar refractivity (Wildman–Crippen MR) is 163 cm³/mol. The molecule has 2 atom stereocenters. The number of carbonyl (C=O) groups is 2. The van der Waals surface area contributed by atoms with Gasteiger partial charge in [-0.15, -0.1) is 0 Å². The van der Waals surface area contributed by atoms with Crippen LogP contribution in [0.25, 0.3) is 0 Å². The van der Waals surface area contributed by atoms with Gasteiger partial charge in [-0.25, -0.2) is 8.42 Å². The topological polar surface area (TPSA) is 86.8 Å². The maximum absolute atomic E-state index is 14.1. The summed E-state index contributed by atoms with van der Waals surface area (Å²) in [5.74, 6) is -0.778. The number of sulfonamides is 1. The fourth-order valence-corrected chi connectivity index (χ4v) is 6.00. The van der Waals surface area contributed by atoms with Crippen molar-refractivity contribution in [2.75, 3.05) is 17.1 Å². The monoisotopic (exact) mass is 677 g/mol. The van der Waals surface area contributed by atoms with Gasteiger partial charge in [-0.1, -0.05) is 77.5 Å². The number of carbonyl (C=O) groups excluding carboxylic acids is 2. The highest BCUT2D eigenvalue weighted by Crippen LogP contribution is 2.28. The molecule has 7 nitrogen and oxygen atoms in total. The number of benzene rings is 3. The molecule has 0 aromatic heterocycles. The molecule has 0 saturated carbocycles. The molecule has 0 radical (unpaired) electrons. The van der Waals surface area contributed by atoms with Crippen LogP contribution in [0, 0.1) is 0 Å². The average Bonchev–Trinajstić information content (AvgIpc) is 2.89. The number of halogens is 2. The van der Waals surface area contributed by atoms with Crippen LogP contribution in [0.4, 0.5) is 5.69 Å². The third kappa shape index (κ3) is 8.91. The van der Waals surface area contributed by atoms with Crippen LogP contribution in [0.15, 0.2) is 87.8 Å². The predicted octanol–water partition coefficient (Wildman–Crippen LogP) is 5.53. The van der Waals surface area contributed by atoms with Gasteiger partial charge in [0, 0.05) is 28.0 Å². The van der Waals surface area contributed by atoms with Gasteiger partial charge >= 0.3 is 0 Å². The molecule has 0 aliphatic carbocycles. The first-order valence-corrected chi connectivity index (χ1v) is 16.0. The highest BCUT2D eigenvalue weighted by Gasteiger charge is 2.33. The fraction of sp³-hybridized carbons (Fsp3) is 0.310. The van der Waals surface area contributed by atoms with Crippen LogP contribution >= 0.6 is 31.9 Å². The molecule has 3 rings (SSSR count). The molecule has 0 aliphatic rings. The number of hydrogen-bond donors (Lipinski definition) is 1. The van der Waals surface area contributed by atoms with Crippen LogP contribution in [-0.4, -0.2) is 50.0 Å². The first-order valence-electron chi connectivity index (χ1n) is 12.6. The number of nitrogens with zero attached hydrogens (tertiary/aromatic N) is 2. The van der Waals surface area contributed by atoms with E-state index in [2.05, 4.69) is 37.2 Å². The van der Waals surface area contributed by atoms with E-state index in [-0.39, 0.29) is 24.9 Å². The van der Waals surface area contributed by atoms with Crippen LogP contribution in [0.1, 0.15) is 31.4 Å². The lowest BCUT2D eigenvalue weighted by Crippen LogP contribution is -2.54. The van der Waals surface area contributed by atoms with Crippen LogP contribution < -0.4 is 9.62 Å². The maximum Gasteiger partial charge on any atom is 0.244 e. The summed E-state index contributed by atoms with van der Waals surface area (Å²) in [5.41, 5.74) is 2.04. The molecular formula is C29H33Br2N3O4S. The lowest BCUT2D eigenvalue weighted by Gasteiger charge is -2.34. The van der Waals surface area contributed by atoms with Gasteiger partial charge in [0.2, 0.25) is 21.8 Å². The highest BCUT2D eigenvalue weighted by molar-refractivity contribution is 9.10. The van der Waals surface area contributed by atoms with E-state index in [0.717, 1.165) is 32.6 Å². The number of rotatable bonds is 12. The number of hydrogen-bond acceptors (Lipinski definition) is 4. The molecule has 0 unspecified atom stereocenters. The van der Waals surface area contributed by atoms with E-state index in [4.69, 9.17) is 0 Å². The molecule has 1 N–H and O–H groups in total. The quantitative estimate of drug-likeness (QED) is 0.273. The van der Waals surface area contributed by atoms with Gasteiger partial charge in [0.1, 0.15) is 12.6 Å². The molecule has 0 fully saturated rings. The van der Waals surface area contributed by atoms with E-state index in [1.165, 1.54) is 4.90 Å². The van der Waals surface area contributed by atoms with E-state index >= 15 is 0 Å². The highest BCUT2D eigenvalue weighted by atomic mass is 79.9. The Morgan fingerprint density at radius 3 is 2.18 bits per heavy atom.